The lowest BCUT2D eigenvalue weighted by Gasteiger charge is -2.03. The first kappa shape index (κ1) is 15.8. The molecule has 2 N–H and O–H groups in total. The number of amides is 1. The third-order valence-corrected chi connectivity index (χ3v) is 3.61. The third kappa shape index (κ3) is 3.31. The molecule has 0 bridgehead atoms. The van der Waals surface area contributed by atoms with Gasteiger partial charge in [0, 0.05) is 12.6 Å². The number of hydrogen-bond acceptors (Lipinski definition) is 4. The van der Waals surface area contributed by atoms with Crippen LogP contribution in [0.1, 0.15) is 12.5 Å². The van der Waals surface area contributed by atoms with Gasteiger partial charge in [-0.3, -0.25) is 9.59 Å². The summed E-state index contributed by atoms with van der Waals surface area (Å²) in [5, 5.41) is 7.37. The molecule has 0 radical (unpaired) electrons. The number of H-pyrrole nitrogens is 1. The molecule has 0 saturated carbocycles. The molecule has 1 amide bonds. The molecule has 0 aliphatic heterocycles. The molecule has 0 spiro atoms. The maximum atomic E-state index is 12.5. The van der Waals surface area contributed by atoms with Crippen molar-refractivity contribution in [2.75, 3.05) is 5.32 Å². The number of carbonyl (C=O) groups excluding carboxylic acids is 1. The van der Waals surface area contributed by atoms with Crippen molar-refractivity contribution < 1.29 is 4.79 Å². The van der Waals surface area contributed by atoms with Crippen molar-refractivity contribution in [3.8, 4) is 0 Å². The molecule has 0 fully saturated rings. The topological polar surface area (TPSA) is 79.2 Å². The molecule has 0 atom stereocenters. The van der Waals surface area contributed by atoms with Crippen molar-refractivity contribution in [3.05, 3.63) is 69.2 Å². The molecule has 24 heavy (non-hydrogen) atoms. The van der Waals surface area contributed by atoms with E-state index in [1.807, 2.05) is 6.07 Å². The van der Waals surface area contributed by atoms with Gasteiger partial charge in [-0.2, -0.15) is 9.78 Å². The fourth-order valence-electron chi connectivity index (χ4n) is 2.24. The summed E-state index contributed by atoms with van der Waals surface area (Å²) in [7, 11) is 0. The molecular formula is C17H14N4O2S. The Balaban J connectivity index is 1.95. The summed E-state index contributed by atoms with van der Waals surface area (Å²) >= 11 is 5.20. The van der Waals surface area contributed by atoms with Gasteiger partial charge >= 0.3 is 0 Å². The SMILES string of the molecule is CC(=O)Nc1ccc(/C=N\n2c(=S)[nH]c3ccccc3c2=O)cc1. The van der Waals surface area contributed by atoms with Crippen molar-refractivity contribution in [2.24, 2.45) is 5.10 Å². The predicted octanol–water partition coefficient (Wildman–Crippen LogP) is 2.90. The second kappa shape index (κ2) is 6.59. The Kier molecular flexibility index (Phi) is 4.35. The fourth-order valence-corrected chi connectivity index (χ4v) is 2.48. The molecule has 3 rings (SSSR count). The summed E-state index contributed by atoms with van der Waals surface area (Å²) in [6.45, 7) is 1.45. The van der Waals surface area contributed by atoms with E-state index in [4.69, 9.17) is 12.2 Å². The Bertz CT molecular complexity index is 1050. The summed E-state index contributed by atoms with van der Waals surface area (Å²) in [5.41, 5.74) is 1.87. The van der Waals surface area contributed by atoms with Gasteiger partial charge in [0.05, 0.1) is 17.1 Å². The van der Waals surface area contributed by atoms with Crippen molar-refractivity contribution >= 4 is 40.9 Å². The van der Waals surface area contributed by atoms with Gasteiger partial charge in [-0.05, 0) is 42.0 Å². The van der Waals surface area contributed by atoms with Gasteiger partial charge < -0.3 is 10.3 Å². The van der Waals surface area contributed by atoms with E-state index in [0.29, 0.717) is 16.6 Å². The molecule has 120 valence electrons. The zero-order valence-electron chi connectivity index (χ0n) is 12.8. The van der Waals surface area contributed by atoms with Gasteiger partial charge in [0.2, 0.25) is 10.7 Å². The van der Waals surface area contributed by atoms with Crippen LogP contribution in [0.5, 0.6) is 0 Å². The first-order chi connectivity index (χ1) is 11.5. The van der Waals surface area contributed by atoms with Gasteiger partial charge in [0.15, 0.2) is 0 Å². The lowest BCUT2D eigenvalue weighted by molar-refractivity contribution is -0.114. The summed E-state index contributed by atoms with van der Waals surface area (Å²) < 4.78 is 1.38. The molecule has 7 heteroatoms. The third-order valence-electron chi connectivity index (χ3n) is 3.34. The Morgan fingerprint density at radius 3 is 2.62 bits per heavy atom. The molecule has 1 aromatic heterocycles. The van der Waals surface area contributed by atoms with Crippen molar-refractivity contribution in [1.29, 1.82) is 0 Å². The average Bonchev–Trinajstić information content (AvgIpc) is 2.55. The minimum absolute atomic E-state index is 0.134. The second-order valence-electron chi connectivity index (χ2n) is 5.14. The Morgan fingerprint density at radius 1 is 1.21 bits per heavy atom. The fraction of sp³-hybridized carbons (Fsp3) is 0.0588. The van der Waals surface area contributed by atoms with Crippen LogP contribution in [0, 0.1) is 4.77 Å². The number of anilines is 1. The lowest BCUT2D eigenvalue weighted by Crippen LogP contribution is -2.18. The monoisotopic (exact) mass is 338 g/mol. The number of nitrogens with zero attached hydrogens (tertiary/aromatic N) is 2. The molecule has 6 nitrogen and oxygen atoms in total. The summed E-state index contributed by atoms with van der Waals surface area (Å²) in [4.78, 5) is 26.4. The number of carbonyl (C=O) groups is 1. The van der Waals surface area contributed by atoms with Crippen molar-refractivity contribution in [3.63, 3.8) is 0 Å². The Labute approximate surface area is 142 Å². The number of hydrogen-bond donors (Lipinski definition) is 2. The normalized spacial score (nSPS) is 11.0. The predicted molar refractivity (Wildman–Crippen MR) is 97.1 cm³/mol. The molecule has 3 aromatic rings. The van der Waals surface area contributed by atoms with Crippen molar-refractivity contribution in [1.82, 2.24) is 9.66 Å². The standard InChI is InChI=1S/C17H14N4O2S/c1-11(22)19-13-8-6-12(7-9-13)10-18-21-16(23)14-4-2-3-5-15(14)20-17(21)24/h2-10H,1H3,(H,19,22)(H,20,24)/b18-10-. The largest absolute Gasteiger partial charge is 0.330 e. The van der Waals surface area contributed by atoms with Gasteiger partial charge in [0.25, 0.3) is 5.56 Å². The maximum Gasteiger partial charge on any atom is 0.282 e. The molecule has 2 aromatic carbocycles. The molecule has 0 aliphatic rings. The highest BCUT2D eigenvalue weighted by Gasteiger charge is 2.03. The summed E-state index contributed by atoms with van der Waals surface area (Å²) in [5.74, 6) is -0.134. The van der Waals surface area contributed by atoms with Crippen LogP contribution < -0.4 is 10.9 Å². The molecule has 0 saturated heterocycles. The van der Waals surface area contributed by atoms with Crippen molar-refractivity contribution in [2.45, 2.75) is 6.92 Å². The number of benzene rings is 2. The van der Waals surface area contributed by atoms with Gasteiger partial charge in [0.1, 0.15) is 0 Å². The smallest absolute Gasteiger partial charge is 0.282 e. The van der Waals surface area contributed by atoms with Crippen LogP contribution >= 0.6 is 12.2 Å². The van der Waals surface area contributed by atoms with E-state index in [2.05, 4.69) is 15.4 Å². The van der Waals surface area contributed by atoms with Crippen LogP contribution in [0.4, 0.5) is 5.69 Å². The molecule has 1 heterocycles. The van der Waals surface area contributed by atoms with Gasteiger partial charge in [-0.1, -0.05) is 24.3 Å². The van der Waals surface area contributed by atoms with Crippen LogP contribution in [-0.4, -0.2) is 21.8 Å². The van der Waals surface area contributed by atoms with Crippen LogP contribution in [0.2, 0.25) is 0 Å². The highest BCUT2D eigenvalue weighted by Crippen LogP contribution is 2.09. The van der Waals surface area contributed by atoms with E-state index in [1.54, 1.807) is 42.5 Å². The van der Waals surface area contributed by atoms with E-state index in [9.17, 15) is 9.59 Å². The van der Waals surface area contributed by atoms with Gasteiger partial charge in [-0.25, -0.2) is 0 Å². The van der Waals surface area contributed by atoms with Crippen LogP contribution in [0.15, 0.2) is 58.4 Å². The summed E-state index contributed by atoms with van der Waals surface area (Å²) in [6, 6.07) is 14.2. The quantitative estimate of drug-likeness (QED) is 0.569. The first-order valence-corrected chi connectivity index (χ1v) is 7.61. The number of nitrogens with one attached hydrogen (secondary N) is 2. The number of fused-ring (bicyclic) bond motifs is 1. The second-order valence-corrected chi connectivity index (χ2v) is 5.53. The number of para-hydroxylation sites is 1. The zero-order valence-corrected chi connectivity index (χ0v) is 13.6. The minimum atomic E-state index is -0.277. The maximum absolute atomic E-state index is 12.5. The van der Waals surface area contributed by atoms with E-state index >= 15 is 0 Å². The average molecular weight is 338 g/mol. The van der Waals surface area contributed by atoms with Crippen LogP contribution in [-0.2, 0) is 4.79 Å². The van der Waals surface area contributed by atoms with Crippen LogP contribution in [0.25, 0.3) is 10.9 Å². The summed E-state index contributed by atoms with van der Waals surface area (Å²) in [6.07, 6.45) is 1.54. The number of rotatable bonds is 3. The molecular weight excluding hydrogens is 324 g/mol. The zero-order chi connectivity index (χ0) is 17.1. The number of aromatic amines is 1. The van der Waals surface area contributed by atoms with E-state index in [-0.39, 0.29) is 16.2 Å². The molecule has 0 aliphatic carbocycles. The van der Waals surface area contributed by atoms with Crippen LogP contribution in [0.3, 0.4) is 0 Å². The minimum Gasteiger partial charge on any atom is -0.330 e. The Hall–Kier alpha value is -3.06. The number of aromatic nitrogens is 2. The van der Waals surface area contributed by atoms with E-state index < -0.39 is 0 Å². The Morgan fingerprint density at radius 2 is 1.92 bits per heavy atom. The van der Waals surface area contributed by atoms with E-state index in [0.717, 1.165) is 10.2 Å². The first-order valence-electron chi connectivity index (χ1n) is 7.21. The highest BCUT2D eigenvalue weighted by molar-refractivity contribution is 7.71. The molecule has 0 unspecified atom stereocenters. The highest BCUT2D eigenvalue weighted by atomic mass is 32.1. The lowest BCUT2D eigenvalue weighted by atomic mass is 10.2. The van der Waals surface area contributed by atoms with E-state index in [1.165, 1.54) is 13.1 Å². The van der Waals surface area contributed by atoms with Gasteiger partial charge in [-0.15, -0.1) is 0 Å².